The van der Waals surface area contributed by atoms with Gasteiger partial charge in [-0.1, -0.05) is 210 Å². The molecule has 111 heavy (non-hydrogen) atoms. The van der Waals surface area contributed by atoms with Crippen LogP contribution < -0.4 is 0 Å². The molecule has 15 heteroatoms. The topological polar surface area (TPSA) is 153 Å². The van der Waals surface area contributed by atoms with Crippen molar-refractivity contribution >= 4 is 97.9 Å². The molecule has 0 amide bonds. The summed E-state index contributed by atoms with van der Waals surface area (Å²) < 4.78 is 6.42. The van der Waals surface area contributed by atoms with Gasteiger partial charge in [-0.05, 0) is 180 Å². The van der Waals surface area contributed by atoms with Crippen LogP contribution in [0.1, 0.15) is 0 Å². The summed E-state index contributed by atoms with van der Waals surface area (Å²) in [7, 11) is 0. The summed E-state index contributed by atoms with van der Waals surface area (Å²) in [4.78, 5) is 29.2. The van der Waals surface area contributed by atoms with Crippen molar-refractivity contribution in [2.45, 2.75) is 0 Å². The number of phenols is 3. The fourth-order valence-electron chi connectivity index (χ4n) is 14.8. The Hall–Kier alpha value is -12.8. The van der Waals surface area contributed by atoms with Crippen LogP contribution in [-0.2, 0) is 63.2 Å². The van der Waals surface area contributed by atoms with Crippen LogP contribution in [0.15, 0.2) is 346 Å². The van der Waals surface area contributed by atoms with Gasteiger partial charge in [0.25, 0.3) is 0 Å². The molecule has 0 saturated carbocycles. The molecule has 12 nitrogen and oxygen atoms in total. The molecule has 12 aromatic carbocycles. The van der Waals surface area contributed by atoms with Crippen LogP contribution in [0.5, 0.6) is 17.2 Å². The van der Waals surface area contributed by atoms with Crippen LogP contribution >= 0.6 is 0 Å². The molecule has 0 spiro atoms. The van der Waals surface area contributed by atoms with Crippen molar-refractivity contribution in [3.8, 4) is 102 Å². The van der Waals surface area contributed by atoms with Gasteiger partial charge in [0.05, 0.1) is 22.6 Å². The Labute approximate surface area is 680 Å². The minimum absolute atomic E-state index is 0. The van der Waals surface area contributed by atoms with E-state index in [1.165, 1.54) is 0 Å². The molecule has 21 aromatic rings. The van der Waals surface area contributed by atoms with Crippen molar-refractivity contribution < 1.29 is 78.5 Å². The zero-order chi connectivity index (χ0) is 72.2. The summed E-state index contributed by atoms with van der Waals surface area (Å²) in [5.74, 6) is 2.92. The van der Waals surface area contributed by atoms with Gasteiger partial charge in [-0.3, -0.25) is 4.98 Å². The maximum atomic E-state index is 10.4. The Bertz CT molecular complexity index is 6820. The predicted molar refractivity (Wildman–Crippen MR) is 436 cm³/mol. The van der Waals surface area contributed by atoms with Crippen LogP contribution in [-0.4, -0.2) is 58.9 Å². The van der Waals surface area contributed by atoms with Crippen LogP contribution in [0.2, 0.25) is 0 Å². The molecule has 21 rings (SSSR count). The average molecular weight is 1970 g/mol. The zero-order valence-electron chi connectivity index (χ0n) is 58.7. The number of aromatic hydroxyl groups is 3. The van der Waals surface area contributed by atoms with Gasteiger partial charge in [0.1, 0.15) is 34.7 Å². The van der Waals surface area contributed by atoms with E-state index in [1.807, 2.05) is 194 Å². The molecule has 3 N–H and O–H groups in total. The van der Waals surface area contributed by atoms with Crippen LogP contribution in [0.3, 0.4) is 0 Å². The van der Waals surface area contributed by atoms with Gasteiger partial charge in [0, 0.05) is 109 Å². The molecule has 0 radical (unpaired) electrons. The molecule has 9 aromatic heterocycles. The summed E-state index contributed by atoms with van der Waals surface area (Å²) in [6, 6.07) is 121. The average Bonchev–Trinajstić information content (AvgIpc) is 1.60. The van der Waals surface area contributed by atoms with Crippen molar-refractivity contribution in [3.05, 3.63) is 364 Å². The number of hydrogen-bond donors (Lipinski definition) is 3. The maximum absolute atomic E-state index is 10.4. The first-order valence-corrected chi connectivity index (χ1v) is 35.5. The number of rotatable bonds is 9. The second-order valence-electron chi connectivity index (χ2n) is 26.3. The zero-order valence-corrected chi connectivity index (χ0v) is 65.5. The van der Waals surface area contributed by atoms with E-state index in [0.717, 1.165) is 149 Å². The summed E-state index contributed by atoms with van der Waals surface area (Å²) in [5.41, 5.74) is 16.6. The van der Waals surface area contributed by atoms with Gasteiger partial charge in [-0.2, -0.15) is 0 Å². The van der Waals surface area contributed by atoms with E-state index >= 15 is 0 Å². The first-order chi connectivity index (χ1) is 53.3. The van der Waals surface area contributed by atoms with Gasteiger partial charge >= 0.3 is 0 Å². The Balaban J connectivity index is 0.000000125. The molecule has 0 aliphatic rings. The summed E-state index contributed by atoms with van der Waals surface area (Å²) in [6.45, 7) is 0. The van der Waals surface area contributed by atoms with E-state index in [4.69, 9.17) is 29.9 Å². The molecule has 0 bridgehead atoms. The van der Waals surface area contributed by atoms with Crippen molar-refractivity contribution in [3.63, 3.8) is 0 Å². The van der Waals surface area contributed by atoms with Crippen LogP contribution in [0.25, 0.3) is 183 Å². The molecule has 0 fully saturated rings. The van der Waals surface area contributed by atoms with Crippen molar-refractivity contribution in [1.82, 2.24) is 43.6 Å². The summed E-state index contributed by atoms with van der Waals surface area (Å²) in [6.07, 6.45) is 3.76. The van der Waals surface area contributed by atoms with Gasteiger partial charge in [0.15, 0.2) is 0 Å². The smallest absolute Gasteiger partial charge is 0.136 e. The van der Waals surface area contributed by atoms with Crippen molar-refractivity contribution in [1.29, 1.82) is 0 Å². The quantitative estimate of drug-likeness (QED) is 0.120. The summed E-state index contributed by atoms with van der Waals surface area (Å²) in [5, 5.41) is 43.6. The SMILES string of the molecule is Oc1ccccc1-c1cccc(-n2c3[c-]c(-c4cc5ccccc5cn4)ccc3c3ccccc32)n1.Oc1ccccc1-c1cccc(-n2c3[c-]c(-c4ccc5ccccc5n4)ccc3c3ccccc32)n1.Oc1ccccc1-c1cccc(-n2c3[c-]c(-c4nccc5ccccc45)ccc3c3ccccc32)n1.[Pt].[Pt].[Pt]. The largest absolute Gasteiger partial charge is 0.507 e. The molecule has 0 saturated heterocycles. The third kappa shape index (κ3) is 13.5. The standard InChI is InChI=1S/3C32H20N3O.3Pt/c36-31-14-6-3-10-25(31)28-12-7-15-32(34-28)35-29-13-5-2-9-23(29)24-18-16-22(20-30(24)35)27-19-17-21-8-1-4-11-26(21)33-27;36-31-14-6-4-11-26(31)27-12-7-15-32(34-27)35-29-13-5-3-10-24(29)25-17-16-22(19-30(25)35)28-18-21-8-1-2-9-23(21)20-33-28;36-30-14-6-4-11-26(30)27-12-7-15-31(34-27)35-28-13-5-3-10-24(28)25-17-16-22(20-29(25)35)32-23-9-2-1-8-21(23)18-19-33-32;;;/h1-19,36H;1-18,20,36H;1-19,36H;;;/q3*-1;;;. The molecule has 0 atom stereocenters. The molecular weight excluding hydrogens is 1910 g/mol. The Morgan fingerprint density at radius 1 is 0.252 bits per heavy atom. The molecule has 0 aliphatic carbocycles. The van der Waals surface area contributed by atoms with E-state index in [9.17, 15) is 15.3 Å². The van der Waals surface area contributed by atoms with E-state index in [2.05, 4.69) is 165 Å². The maximum Gasteiger partial charge on any atom is 0.136 e. The fraction of sp³-hybridized carbons (Fsp3) is 0. The Morgan fingerprint density at radius 3 is 1.13 bits per heavy atom. The Kier molecular flexibility index (Phi) is 20.2. The number of nitrogens with zero attached hydrogens (tertiary/aromatic N) is 9. The molecule has 0 aliphatic heterocycles. The van der Waals surface area contributed by atoms with Gasteiger partial charge in [-0.15, -0.1) is 71.3 Å². The number of benzene rings is 12. The van der Waals surface area contributed by atoms with E-state index < -0.39 is 0 Å². The van der Waals surface area contributed by atoms with E-state index in [-0.39, 0.29) is 80.4 Å². The number of phenolic OH excluding ortho intramolecular Hbond substituents is 3. The summed E-state index contributed by atoms with van der Waals surface area (Å²) >= 11 is 0. The number of pyridine rings is 6. The third-order valence-corrected chi connectivity index (χ3v) is 19.9. The first kappa shape index (κ1) is 72.4. The Morgan fingerprint density at radius 2 is 0.640 bits per heavy atom. The van der Waals surface area contributed by atoms with Gasteiger partial charge in [-0.25, -0.2) is 15.0 Å². The van der Waals surface area contributed by atoms with E-state index in [1.54, 1.807) is 18.2 Å². The second kappa shape index (κ2) is 31.0. The molecule has 9 heterocycles. The number of para-hydroxylation sites is 7. The fourth-order valence-corrected chi connectivity index (χ4v) is 14.8. The number of fused-ring (bicyclic) bond motifs is 12. The van der Waals surface area contributed by atoms with Crippen molar-refractivity contribution in [2.24, 2.45) is 0 Å². The number of aromatic nitrogens is 9. The second-order valence-corrected chi connectivity index (χ2v) is 26.3. The predicted octanol–water partition coefficient (Wildman–Crippen LogP) is 22.7. The van der Waals surface area contributed by atoms with Crippen LogP contribution in [0, 0.1) is 18.2 Å². The monoisotopic (exact) mass is 1970 g/mol. The minimum Gasteiger partial charge on any atom is -0.507 e. The van der Waals surface area contributed by atoms with Gasteiger partial charge in [0.2, 0.25) is 0 Å². The first-order valence-electron chi connectivity index (χ1n) is 35.5. The minimum atomic E-state index is 0. The third-order valence-electron chi connectivity index (χ3n) is 19.9. The van der Waals surface area contributed by atoms with Crippen LogP contribution in [0.4, 0.5) is 0 Å². The number of hydrogen-bond acceptors (Lipinski definition) is 9. The van der Waals surface area contributed by atoms with Crippen molar-refractivity contribution in [2.75, 3.05) is 0 Å². The van der Waals surface area contributed by atoms with Gasteiger partial charge < -0.3 is 39.0 Å². The van der Waals surface area contributed by atoms with E-state index in [0.29, 0.717) is 33.8 Å². The molecular formula is C96H60N9O3Pt3-3. The molecule has 540 valence electrons. The normalized spacial score (nSPS) is 11.1. The molecule has 0 unspecified atom stereocenters.